The Morgan fingerprint density at radius 2 is 2.10 bits per heavy atom. The molecule has 20 heavy (non-hydrogen) atoms. The maximum absolute atomic E-state index is 12.0. The second kappa shape index (κ2) is 4.56. The van der Waals surface area contributed by atoms with Gasteiger partial charge in [-0.15, -0.1) is 0 Å². The topological polar surface area (TPSA) is 144 Å². The molecule has 2 aliphatic heterocycles. The second-order valence-corrected chi connectivity index (χ2v) is 6.57. The van der Waals surface area contributed by atoms with E-state index in [1.165, 1.54) is 0 Å². The summed E-state index contributed by atoms with van der Waals surface area (Å²) in [6.45, 7) is 0.605. The first-order chi connectivity index (χ1) is 9.16. The molecule has 10 heteroatoms. The van der Waals surface area contributed by atoms with Crippen molar-refractivity contribution in [1.29, 1.82) is 0 Å². The summed E-state index contributed by atoms with van der Waals surface area (Å²) in [6.07, 6.45) is 0. The summed E-state index contributed by atoms with van der Waals surface area (Å²) in [4.78, 5) is 34.2. The zero-order valence-electron chi connectivity index (χ0n) is 10.4. The van der Waals surface area contributed by atoms with Crippen LogP contribution in [-0.4, -0.2) is 60.0 Å². The molecule has 3 N–H and O–H groups in total. The van der Waals surface area contributed by atoms with Gasteiger partial charge in [0.1, 0.15) is 18.3 Å². The lowest BCUT2D eigenvalue weighted by Crippen LogP contribution is -2.73. The first kappa shape index (κ1) is 14.5. The number of hydrogen-bond donors (Lipinski definition) is 2. The Hall–Kier alpha value is -1.94. The lowest BCUT2D eigenvalue weighted by molar-refractivity contribution is -0.148. The molecule has 0 aliphatic carbocycles. The number of carbonyl (C=O) groups is 3. The first-order valence-electron chi connectivity index (χ1n) is 5.55. The number of aliphatic carboxylic acids is 1. The molecule has 0 spiro atoms. The van der Waals surface area contributed by atoms with Crippen molar-refractivity contribution >= 4 is 27.7 Å². The molecule has 9 nitrogen and oxygen atoms in total. The summed E-state index contributed by atoms with van der Waals surface area (Å²) in [6, 6.07) is -1.26. The molecule has 0 bridgehead atoms. The Morgan fingerprint density at radius 1 is 1.50 bits per heavy atom. The smallest absolute Gasteiger partial charge is 0.352 e. The predicted octanol–water partition coefficient (Wildman–Crippen LogP) is -2.19. The summed E-state index contributed by atoms with van der Waals surface area (Å²) in [5.41, 5.74) is 4.79. The van der Waals surface area contributed by atoms with Crippen molar-refractivity contribution in [3.05, 3.63) is 11.3 Å². The van der Waals surface area contributed by atoms with E-state index in [2.05, 4.69) is 4.74 Å². The van der Waals surface area contributed by atoms with E-state index in [0.29, 0.717) is 4.90 Å². The van der Waals surface area contributed by atoms with Crippen LogP contribution in [0, 0.1) is 0 Å². The highest BCUT2D eigenvalue weighted by Crippen LogP contribution is 2.35. The van der Waals surface area contributed by atoms with Gasteiger partial charge in [0.15, 0.2) is 15.2 Å². The predicted molar refractivity (Wildman–Crippen MR) is 63.7 cm³/mol. The number of nitrogens with two attached hydrogens (primary N) is 1. The molecule has 0 radical (unpaired) electrons. The molecule has 2 heterocycles. The summed E-state index contributed by atoms with van der Waals surface area (Å²) < 4.78 is 28.6. The molecule has 2 atom stereocenters. The minimum absolute atomic E-state index is 0.149. The standard InChI is InChI=1S/C10H12N2O7S/c1-4(13)19-2-5-3-20(17,18)9-6(11)8(14)12(9)7(5)10(15)16/h6,9H,2-3,11H2,1H3,(H,15,16)/t6-,9-/m1/s1. The molecule has 2 rings (SSSR count). The van der Waals surface area contributed by atoms with Crippen LogP contribution in [0.2, 0.25) is 0 Å². The van der Waals surface area contributed by atoms with Gasteiger partial charge in [-0.05, 0) is 0 Å². The maximum atomic E-state index is 12.0. The third-order valence-corrected chi connectivity index (χ3v) is 5.05. The van der Waals surface area contributed by atoms with Gasteiger partial charge in [-0.1, -0.05) is 0 Å². The Bertz CT molecular complexity index is 636. The van der Waals surface area contributed by atoms with Crippen molar-refractivity contribution < 1.29 is 32.6 Å². The highest BCUT2D eigenvalue weighted by Gasteiger charge is 2.58. The molecule has 0 unspecified atom stereocenters. The van der Waals surface area contributed by atoms with Crippen molar-refractivity contribution in [2.75, 3.05) is 12.4 Å². The largest absolute Gasteiger partial charge is 0.477 e. The van der Waals surface area contributed by atoms with Gasteiger partial charge >= 0.3 is 11.9 Å². The molecular formula is C10H12N2O7S. The number of carbonyl (C=O) groups excluding carboxylic acids is 2. The van der Waals surface area contributed by atoms with Crippen LogP contribution in [-0.2, 0) is 29.0 Å². The molecule has 110 valence electrons. The fourth-order valence-corrected chi connectivity index (χ4v) is 4.20. The van der Waals surface area contributed by atoms with Crippen LogP contribution in [0.3, 0.4) is 0 Å². The fourth-order valence-electron chi connectivity index (χ4n) is 2.23. The Morgan fingerprint density at radius 3 is 2.60 bits per heavy atom. The molecule has 1 saturated heterocycles. The van der Waals surface area contributed by atoms with Gasteiger partial charge in [0.2, 0.25) is 5.91 Å². The number of sulfone groups is 1. The number of hydrogen-bond acceptors (Lipinski definition) is 7. The molecule has 1 amide bonds. The molecule has 1 fully saturated rings. The van der Waals surface area contributed by atoms with Gasteiger partial charge in [0, 0.05) is 12.5 Å². The van der Waals surface area contributed by atoms with Gasteiger partial charge < -0.3 is 15.6 Å². The number of esters is 1. The van der Waals surface area contributed by atoms with Crippen LogP contribution in [0.1, 0.15) is 6.92 Å². The quantitative estimate of drug-likeness (QED) is 0.442. The lowest BCUT2D eigenvalue weighted by atomic mass is 10.0. The van der Waals surface area contributed by atoms with Crippen LogP contribution >= 0.6 is 0 Å². The highest BCUT2D eigenvalue weighted by atomic mass is 32.2. The van der Waals surface area contributed by atoms with Crippen molar-refractivity contribution in [2.24, 2.45) is 5.73 Å². The number of carboxylic acids is 1. The monoisotopic (exact) mass is 304 g/mol. The number of carboxylic acid groups (broad SMARTS) is 1. The minimum atomic E-state index is -3.80. The van der Waals surface area contributed by atoms with Crippen LogP contribution in [0.5, 0.6) is 0 Å². The van der Waals surface area contributed by atoms with Gasteiger partial charge in [-0.25, -0.2) is 13.2 Å². The SMILES string of the molecule is CC(=O)OCC1=C(C(=O)O)N2C(=O)[C@@H](N)[C@H]2S(=O)(=O)C1. The lowest BCUT2D eigenvalue weighted by Gasteiger charge is -2.47. The second-order valence-electron chi connectivity index (χ2n) is 4.47. The third-order valence-electron chi connectivity index (χ3n) is 3.06. The van der Waals surface area contributed by atoms with E-state index in [4.69, 9.17) is 10.8 Å². The molecule has 0 aromatic heterocycles. The van der Waals surface area contributed by atoms with E-state index < -0.39 is 57.2 Å². The van der Waals surface area contributed by atoms with Gasteiger partial charge in [0.05, 0.1) is 5.75 Å². The molecule has 0 saturated carbocycles. The van der Waals surface area contributed by atoms with Crippen molar-refractivity contribution in [3.8, 4) is 0 Å². The molecule has 2 aliphatic rings. The first-order valence-corrected chi connectivity index (χ1v) is 7.27. The number of amides is 1. The van der Waals surface area contributed by atoms with Crippen LogP contribution in [0.25, 0.3) is 0 Å². The van der Waals surface area contributed by atoms with Crippen molar-refractivity contribution in [2.45, 2.75) is 18.3 Å². The fraction of sp³-hybridized carbons (Fsp3) is 0.500. The van der Waals surface area contributed by atoms with E-state index in [0.717, 1.165) is 6.92 Å². The number of fused-ring (bicyclic) bond motifs is 1. The zero-order valence-corrected chi connectivity index (χ0v) is 11.2. The van der Waals surface area contributed by atoms with E-state index >= 15 is 0 Å². The van der Waals surface area contributed by atoms with Crippen molar-refractivity contribution in [3.63, 3.8) is 0 Å². The summed E-state index contributed by atoms with van der Waals surface area (Å²) >= 11 is 0. The van der Waals surface area contributed by atoms with Crippen molar-refractivity contribution in [1.82, 2.24) is 4.90 Å². The summed E-state index contributed by atoms with van der Waals surface area (Å²) in [5.74, 6) is -3.54. The Labute approximate surface area is 113 Å². The number of ether oxygens (including phenoxy) is 1. The van der Waals surface area contributed by atoms with E-state index in [-0.39, 0.29) is 5.57 Å². The van der Waals surface area contributed by atoms with Gasteiger partial charge in [-0.2, -0.15) is 0 Å². The average molecular weight is 304 g/mol. The van der Waals surface area contributed by atoms with E-state index in [1.807, 2.05) is 0 Å². The average Bonchev–Trinajstić information content (AvgIpc) is 2.32. The van der Waals surface area contributed by atoms with Crippen LogP contribution in [0.15, 0.2) is 11.3 Å². The highest BCUT2D eigenvalue weighted by molar-refractivity contribution is 7.92. The normalized spacial score (nSPS) is 27.7. The van der Waals surface area contributed by atoms with Gasteiger partial charge in [0.25, 0.3) is 0 Å². The number of nitrogens with zero attached hydrogens (tertiary/aromatic N) is 1. The maximum Gasteiger partial charge on any atom is 0.352 e. The van der Waals surface area contributed by atoms with Crippen LogP contribution in [0.4, 0.5) is 0 Å². The molecular weight excluding hydrogens is 292 g/mol. The zero-order chi connectivity index (χ0) is 15.2. The van der Waals surface area contributed by atoms with Gasteiger partial charge in [-0.3, -0.25) is 14.5 Å². The number of rotatable bonds is 3. The van der Waals surface area contributed by atoms with E-state index in [9.17, 15) is 22.8 Å². The van der Waals surface area contributed by atoms with E-state index in [1.54, 1.807) is 0 Å². The third kappa shape index (κ3) is 2.06. The Kier molecular flexibility index (Phi) is 3.30. The van der Waals surface area contributed by atoms with Crippen LogP contribution < -0.4 is 5.73 Å². The minimum Gasteiger partial charge on any atom is -0.477 e. The summed E-state index contributed by atoms with van der Waals surface area (Å²) in [7, 11) is -3.80. The summed E-state index contributed by atoms with van der Waals surface area (Å²) in [5, 5.41) is 7.78. The number of β-lactam (4-membered cyclic amide) rings is 1. The molecule has 0 aromatic rings. The Balaban J connectivity index is 2.47. The molecule has 0 aromatic carbocycles.